The normalized spacial score (nSPS) is 20.7. The number of hydrogen-bond acceptors (Lipinski definition) is 5. The minimum absolute atomic E-state index is 0.0449. The van der Waals surface area contributed by atoms with E-state index in [1.54, 1.807) is 0 Å². The lowest BCUT2D eigenvalue weighted by Gasteiger charge is -2.29. The molecule has 0 radical (unpaired) electrons. The van der Waals surface area contributed by atoms with Crippen molar-refractivity contribution < 1.29 is 23.9 Å². The summed E-state index contributed by atoms with van der Waals surface area (Å²) in [7, 11) is 0. The summed E-state index contributed by atoms with van der Waals surface area (Å²) in [4.78, 5) is 49.6. The van der Waals surface area contributed by atoms with Gasteiger partial charge in [0.2, 0.25) is 0 Å². The number of amides is 2. The summed E-state index contributed by atoms with van der Waals surface area (Å²) in [5.41, 5.74) is 1.01. The molecule has 1 heterocycles. The van der Waals surface area contributed by atoms with Gasteiger partial charge >= 0.3 is 5.97 Å². The van der Waals surface area contributed by atoms with E-state index in [4.69, 9.17) is 4.74 Å². The van der Waals surface area contributed by atoms with Gasteiger partial charge in [-0.2, -0.15) is 0 Å². The predicted octanol–water partition coefficient (Wildman–Crippen LogP) is 1.89. The van der Waals surface area contributed by atoms with E-state index in [9.17, 15) is 19.2 Å². The SMILES string of the molecule is C=C1CCC(N2C(=O)c3cccc(OC(C)=O)c3C2=O)C(=O)C1. The number of ether oxygens (including phenoxy) is 1. The number of rotatable bonds is 2. The van der Waals surface area contributed by atoms with Crippen molar-refractivity contribution in [2.24, 2.45) is 0 Å². The van der Waals surface area contributed by atoms with Crippen LogP contribution in [0.3, 0.4) is 0 Å². The van der Waals surface area contributed by atoms with Gasteiger partial charge in [0, 0.05) is 13.3 Å². The van der Waals surface area contributed by atoms with E-state index < -0.39 is 23.8 Å². The van der Waals surface area contributed by atoms with Crippen molar-refractivity contribution in [1.29, 1.82) is 0 Å². The van der Waals surface area contributed by atoms with Gasteiger partial charge < -0.3 is 4.74 Å². The molecule has 23 heavy (non-hydrogen) atoms. The molecule has 0 saturated heterocycles. The lowest BCUT2D eigenvalue weighted by atomic mass is 9.89. The number of ketones is 1. The van der Waals surface area contributed by atoms with E-state index in [1.807, 2.05) is 0 Å². The van der Waals surface area contributed by atoms with Crippen molar-refractivity contribution in [3.8, 4) is 5.75 Å². The highest BCUT2D eigenvalue weighted by Gasteiger charge is 2.45. The fraction of sp³-hybridized carbons (Fsp3) is 0.294. The van der Waals surface area contributed by atoms with Gasteiger partial charge in [-0.05, 0) is 25.0 Å². The average Bonchev–Trinajstić information content (AvgIpc) is 2.72. The second-order valence-electron chi connectivity index (χ2n) is 5.70. The number of carbonyl (C=O) groups is 4. The molecule has 6 heteroatoms. The second kappa shape index (κ2) is 5.46. The Balaban J connectivity index is 1.99. The van der Waals surface area contributed by atoms with E-state index in [-0.39, 0.29) is 29.1 Å². The van der Waals surface area contributed by atoms with Gasteiger partial charge in [0.15, 0.2) is 5.78 Å². The topological polar surface area (TPSA) is 80.8 Å². The Labute approximate surface area is 132 Å². The highest BCUT2D eigenvalue weighted by Crippen LogP contribution is 2.35. The van der Waals surface area contributed by atoms with Crippen LogP contribution in [-0.4, -0.2) is 34.5 Å². The lowest BCUT2D eigenvalue weighted by Crippen LogP contribution is -2.46. The van der Waals surface area contributed by atoms with Crippen LogP contribution in [0.4, 0.5) is 0 Å². The minimum Gasteiger partial charge on any atom is -0.426 e. The maximum atomic E-state index is 12.7. The monoisotopic (exact) mass is 313 g/mol. The van der Waals surface area contributed by atoms with Crippen LogP contribution in [0.1, 0.15) is 46.9 Å². The minimum atomic E-state index is -0.780. The molecule has 1 unspecified atom stereocenters. The molecule has 1 fully saturated rings. The number of fused-ring (bicyclic) bond motifs is 1. The van der Waals surface area contributed by atoms with Crippen LogP contribution in [0, 0.1) is 0 Å². The van der Waals surface area contributed by atoms with E-state index in [0.29, 0.717) is 12.8 Å². The fourth-order valence-electron chi connectivity index (χ4n) is 3.02. The van der Waals surface area contributed by atoms with Gasteiger partial charge in [0.1, 0.15) is 5.75 Å². The van der Waals surface area contributed by atoms with Crippen molar-refractivity contribution in [3.05, 3.63) is 41.5 Å². The molecule has 2 aliphatic rings. The molecule has 1 atom stereocenters. The summed E-state index contributed by atoms with van der Waals surface area (Å²) < 4.78 is 5.02. The van der Waals surface area contributed by atoms with Crippen LogP contribution >= 0.6 is 0 Å². The van der Waals surface area contributed by atoms with Gasteiger partial charge in [0.25, 0.3) is 11.8 Å². The molecule has 0 aromatic heterocycles. The molecule has 0 N–H and O–H groups in total. The Kier molecular flexibility index (Phi) is 3.60. The number of carbonyl (C=O) groups excluding carboxylic acids is 4. The molecule has 118 valence electrons. The largest absolute Gasteiger partial charge is 0.426 e. The smallest absolute Gasteiger partial charge is 0.308 e. The molecule has 1 aromatic carbocycles. The van der Waals surface area contributed by atoms with Crippen molar-refractivity contribution >= 4 is 23.6 Å². The Hall–Kier alpha value is -2.76. The van der Waals surface area contributed by atoms with Crippen LogP contribution < -0.4 is 4.74 Å². The molecule has 0 bridgehead atoms. The lowest BCUT2D eigenvalue weighted by molar-refractivity contribution is -0.132. The second-order valence-corrected chi connectivity index (χ2v) is 5.70. The van der Waals surface area contributed by atoms with Crippen molar-refractivity contribution in [1.82, 2.24) is 4.90 Å². The van der Waals surface area contributed by atoms with Crippen LogP contribution in [-0.2, 0) is 9.59 Å². The van der Waals surface area contributed by atoms with Gasteiger partial charge in [-0.1, -0.05) is 18.2 Å². The third-order valence-corrected chi connectivity index (χ3v) is 4.04. The van der Waals surface area contributed by atoms with Crippen LogP contribution in [0.25, 0.3) is 0 Å². The zero-order chi connectivity index (χ0) is 16.7. The first kappa shape index (κ1) is 15.1. The molecular formula is C17H15NO5. The Morgan fingerprint density at radius 3 is 2.65 bits per heavy atom. The van der Waals surface area contributed by atoms with Crippen molar-refractivity contribution in [2.45, 2.75) is 32.2 Å². The van der Waals surface area contributed by atoms with Gasteiger partial charge in [-0.3, -0.25) is 24.1 Å². The quantitative estimate of drug-likeness (QED) is 0.360. The third kappa shape index (κ3) is 2.46. The summed E-state index contributed by atoms with van der Waals surface area (Å²) in [5, 5.41) is 0. The Bertz CT molecular complexity index is 764. The number of hydrogen-bond donors (Lipinski definition) is 0. The number of nitrogens with zero attached hydrogens (tertiary/aromatic N) is 1. The Morgan fingerprint density at radius 2 is 2.00 bits per heavy atom. The highest BCUT2D eigenvalue weighted by molar-refractivity contribution is 6.24. The average molecular weight is 313 g/mol. The predicted molar refractivity (Wildman–Crippen MR) is 80.0 cm³/mol. The standard InChI is InChI=1S/C17H15NO5/c1-9-6-7-12(13(20)8-9)18-16(21)11-4-3-5-14(23-10(2)19)15(11)17(18)22/h3-5,12H,1,6-8H2,2H3. The summed E-state index contributed by atoms with van der Waals surface area (Å²) in [5.74, 6) is -1.84. The first-order chi connectivity index (χ1) is 10.9. The first-order valence-corrected chi connectivity index (χ1v) is 7.29. The number of Topliss-reactive ketones (excluding diaryl/α,β-unsaturated/α-hetero) is 1. The molecule has 2 amide bonds. The zero-order valence-electron chi connectivity index (χ0n) is 12.6. The van der Waals surface area contributed by atoms with E-state index in [0.717, 1.165) is 10.5 Å². The summed E-state index contributed by atoms with van der Waals surface area (Å²) in [6.07, 6.45) is 1.15. The van der Waals surface area contributed by atoms with E-state index >= 15 is 0 Å². The van der Waals surface area contributed by atoms with Crippen molar-refractivity contribution in [2.75, 3.05) is 0 Å². The van der Waals surface area contributed by atoms with Crippen LogP contribution in [0.15, 0.2) is 30.4 Å². The molecule has 1 aromatic rings. The summed E-state index contributed by atoms with van der Waals surface area (Å²) in [6.45, 7) is 5.00. The number of allylic oxidation sites excluding steroid dienone is 1. The first-order valence-electron chi connectivity index (χ1n) is 7.29. The number of esters is 1. The zero-order valence-corrected chi connectivity index (χ0v) is 12.6. The van der Waals surface area contributed by atoms with Crippen molar-refractivity contribution in [3.63, 3.8) is 0 Å². The van der Waals surface area contributed by atoms with E-state index in [2.05, 4.69) is 6.58 Å². The molecule has 1 saturated carbocycles. The molecular weight excluding hydrogens is 298 g/mol. The summed E-state index contributed by atoms with van der Waals surface area (Å²) >= 11 is 0. The molecule has 1 aliphatic heterocycles. The van der Waals surface area contributed by atoms with Crippen LogP contribution in [0.5, 0.6) is 5.75 Å². The van der Waals surface area contributed by atoms with E-state index in [1.165, 1.54) is 25.1 Å². The Morgan fingerprint density at radius 1 is 1.26 bits per heavy atom. The highest BCUT2D eigenvalue weighted by atomic mass is 16.5. The van der Waals surface area contributed by atoms with Gasteiger partial charge in [0.05, 0.1) is 17.2 Å². The number of benzene rings is 1. The fourth-order valence-corrected chi connectivity index (χ4v) is 3.02. The van der Waals surface area contributed by atoms with Gasteiger partial charge in [-0.25, -0.2) is 0 Å². The maximum absolute atomic E-state index is 12.7. The maximum Gasteiger partial charge on any atom is 0.308 e. The summed E-state index contributed by atoms with van der Waals surface area (Å²) in [6, 6.07) is 3.71. The number of imide groups is 1. The molecule has 1 aliphatic carbocycles. The molecule has 0 spiro atoms. The van der Waals surface area contributed by atoms with Crippen LogP contribution in [0.2, 0.25) is 0 Å². The third-order valence-electron chi connectivity index (χ3n) is 4.04. The molecule has 3 rings (SSSR count). The van der Waals surface area contributed by atoms with Gasteiger partial charge in [-0.15, -0.1) is 0 Å². The molecule has 6 nitrogen and oxygen atoms in total.